The third-order valence-electron chi connectivity index (χ3n) is 15.0. The summed E-state index contributed by atoms with van der Waals surface area (Å²) >= 11 is 0. The minimum absolute atomic E-state index is 0.101. The number of hydrogen-bond donors (Lipinski definition) is 6. The Bertz CT molecular complexity index is 1690. The van der Waals surface area contributed by atoms with Crippen molar-refractivity contribution in [1.29, 1.82) is 0 Å². The zero-order valence-electron chi connectivity index (χ0n) is 51.6. The first-order valence-corrected chi connectivity index (χ1v) is 33.0. The third kappa shape index (κ3) is 44.7. The molecule has 11 nitrogen and oxygen atoms in total. The number of hydrogen-bond acceptors (Lipinski definition) is 10. The Balaban J connectivity index is 2.64. The molecule has 0 radical (unpaired) electrons. The summed E-state index contributed by atoms with van der Waals surface area (Å²) < 4.78 is 17.6. The van der Waals surface area contributed by atoms with Crippen LogP contribution in [0.4, 0.5) is 0 Å². The largest absolute Gasteiger partial charge is 0.454 e. The Hall–Kier alpha value is -3.42. The summed E-state index contributed by atoms with van der Waals surface area (Å²) in [6.07, 6.45) is 65.8. The second-order valence-corrected chi connectivity index (χ2v) is 22.5. The van der Waals surface area contributed by atoms with Gasteiger partial charge in [0, 0.05) is 6.42 Å². The molecule has 0 aromatic rings. The number of aliphatic hydroxyl groups excluding tert-OH is 5. The monoisotopic (exact) mass is 1140 g/mol. The van der Waals surface area contributed by atoms with E-state index in [0.717, 1.165) is 128 Å². The van der Waals surface area contributed by atoms with E-state index in [-0.39, 0.29) is 19.4 Å². The fraction of sp³-hybridized carbons (Fsp3) is 0.743. The van der Waals surface area contributed by atoms with Crippen molar-refractivity contribution in [2.45, 2.75) is 320 Å². The van der Waals surface area contributed by atoms with Gasteiger partial charge in [-0.2, -0.15) is 0 Å². The highest BCUT2D eigenvalue weighted by molar-refractivity contribution is 5.80. The summed E-state index contributed by atoms with van der Waals surface area (Å²) in [5.74, 6) is -1.22. The molecule has 6 N–H and O–H groups in total. The Labute approximate surface area is 495 Å². The van der Waals surface area contributed by atoms with Gasteiger partial charge in [-0.25, -0.2) is 0 Å². The molecule has 1 fully saturated rings. The van der Waals surface area contributed by atoms with Gasteiger partial charge in [0.05, 0.1) is 25.4 Å². The van der Waals surface area contributed by atoms with Crippen LogP contribution in [0.5, 0.6) is 0 Å². The molecule has 8 atom stereocenters. The molecule has 1 aliphatic rings. The number of rotatable bonds is 55. The number of carbonyl (C=O) groups excluding carboxylic acids is 2. The zero-order valence-corrected chi connectivity index (χ0v) is 51.6. The minimum Gasteiger partial charge on any atom is -0.454 e. The van der Waals surface area contributed by atoms with E-state index in [4.69, 9.17) is 14.2 Å². The Morgan fingerprint density at radius 3 is 1.36 bits per heavy atom. The summed E-state index contributed by atoms with van der Waals surface area (Å²) in [7, 11) is 0. The number of carbonyl (C=O) groups is 2. The molecular formula is C70H121NO10. The van der Waals surface area contributed by atoms with Crippen molar-refractivity contribution < 1.29 is 49.3 Å². The standard InChI is InChI=1S/C70H121NO10/c1-4-7-10-13-16-19-22-25-27-28-29-30-31-32-33-34-35-36-37-40-43-46-49-52-55-58-65(75)81-68-67(77)66(76)64(59-72)80-70(68)79-60-61(62(73)56-53-50-47-44-41-38-24-21-18-15-12-9-6-3)71-69(78)63(74)57-54-51-48-45-42-39-26-23-20-17-14-11-8-5-2/h7,10,16,19-20,23,25,27,29-30,32-33,35-36,53,56,61-64,66-68,70,72-74,76-77H,4-6,8-9,11-15,17-18,21-22,24,26,28,31,34,37-52,54-55,57-60H2,1-3H3,(H,71,78)/b10-7-,19-16-,23-20-,27-25-,30-29-,33-32-,36-35-,56-53+. The van der Waals surface area contributed by atoms with Gasteiger partial charge in [0.2, 0.25) is 5.91 Å². The van der Waals surface area contributed by atoms with Crippen LogP contribution >= 0.6 is 0 Å². The minimum atomic E-state index is -1.63. The summed E-state index contributed by atoms with van der Waals surface area (Å²) in [5.41, 5.74) is 0. The molecule has 81 heavy (non-hydrogen) atoms. The maximum Gasteiger partial charge on any atom is 0.306 e. The van der Waals surface area contributed by atoms with Crippen molar-refractivity contribution in [2.24, 2.45) is 0 Å². The maximum absolute atomic E-state index is 13.4. The summed E-state index contributed by atoms with van der Waals surface area (Å²) in [6, 6.07) is -1.03. The normalized spacial score (nSPS) is 19.3. The van der Waals surface area contributed by atoms with E-state index >= 15 is 0 Å². The zero-order chi connectivity index (χ0) is 58.9. The molecule has 1 saturated heterocycles. The summed E-state index contributed by atoms with van der Waals surface area (Å²) in [5, 5.41) is 57.1. The lowest BCUT2D eigenvalue weighted by atomic mass is 9.99. The highest BCUT2D eigenvalue weighted by Crippen LogP contribution is 2.26. The second-order valence-electron chi connectivity index (χ2n) is 22.5. The Morgan fingerprint density at radius 2 is 0.889 bits per heavy atom. The van der Waals surface area contributed by atoms with E-state index < -0.39 is 67.4 Å². The second kappa shape index (κ2) is 57.0. The smallest absolute Gasteiger partial charge is 0.306 e. The first kappa shape index (κ1) is 75.6. The molecule has 1 rings (SSSR count). The number of ether oxygens (including phenoxy) is 3. The molecule has 1 heterocycles. The molecule has 466 valence electrons. The van der Waals surface area contributed by atoms with E-state index in [9.17, 15) is 35.1 Å². The van der Waals surface area contributed by atoms with E-state index in [0.29, 0.717) is 12.8 Å². The predicted octanol–water partition coefficient (Wildman–Crippen LogP) is 16.3. The van der Waals surface area contributed by atoms with Crippen LogP contribution in [-0.2, 0) is 23.8 Å². The van der Waals surface area contributed by atoms with Crippen molar-refractivity contribution in [3.63, 3.8) is 0 Å². The molecule has 0 spiro atoms. The van der Waals surface area contributed by atoms with Crippen LogP contribution < -0.4 is 5.32 Å². The van der Waals surface area contributed by atoms with Crippen molar-refractivity contribution >= 4 is 11.9 Å². The lowest BCUT2D eigenvalue weighted by molar-refractivity contribution is -0.305. The third-order valence-corrected chi connectivity index (χ3v) is 15.0. The van der Waals surface area contributed by atoms with Crippen LogP contribution in [0.2, 0.25) is 0 Å². The van der Waals surface area contributed by atoms with Gasteiger partial charge in [0.25, 0.3) is 0 Å². The van der Waals surface area contributed by atoms with Gasteiger partial charge < -0.3 is 45.1 Å². The Morgan fingerprint density at radius 1 is 0.494 bits per heavy atom. The first-order chi connectivity index (χ1) is 39.7. The van der Waals surface area contributed by atoms with E-state index in [2.05, 4.69) is 111 Å². The van der Waals surface area contributed by atoms with Crippen LogP contribution in [0, 0.1) is 0 Å². The molecule has 0 bridgehead atoms. The lowest BCUT2D eigenvalue weighted by Gasteiger charge is -2.41. The van der Waals surface area contributed by atoms with E-state index in [1.165, 1.54) is 96.3 Å². The fourth-order valence-corrected chi connectivity index (χ4v) is 9.77. The van der Waals surface area contributed by atoms with Crippen LogP contribution in [0.3, 0.4) is 0 Å². The average Bonchev–Trinajstić information content (AvgIpc) is 3.47. The van der Waals surface area contributed by atoms with Gasteiger partial charge in [-0.05, 0) is 103 Å². The number of amides is 1. The number of allylic oxidation sites excluding steroid dienone is 15. The number of unbranched alkanes of at least 4 members (excludes halogenated alkanes) is 27. The Kier molecular flexibility index (Phi) is 53.2. The summed E-state index contributed by atoms with van der Waals surface area (Å²) in [6.45, 7) is 5.66. The highest BCUT2D eigenvalue weighted by atomic mass is 16.7. The molecule has 0 aromatic heterocycles. The van der Waals surface area contributed by atoms with Gasteiger partial charge in [0.15, 0.2) is 12.4 Å². The maximum atomic E-state index is 13.4. The first-order valence-electron chi connectivity index (χ1n) is 33.0. The number of esters is 1. The highest BCUT2D eigenvalue weighted by Gasteiger charge is 2.47. The van der Waals surface area contributed by atoms with Crippen LogP contribution in [0.25, 0.3) is 0 Å². The average molecular weight is 1140 g/mol. The number of aliphatic hydroxyl groups is 5. The SMILES string of the molecule is CC/C=C\C/C=C\C/C=C\C/C=C\C/C=C\C/C=C\CCCCCCCCC(=O)OC1C(OCC(NC(=O)C(O)CCCCCCCC/C=C\CCCCCC)C(O)/C=C/CCCCCCCCCCCCC)OC(CO)C(O)C1O. The van der Waals surface area contributed by atoms with Gasteiger partial charge in [-0.3, -0.25) is 9.59 Å². The van der Waals surface area contributed by atoms with Crippen LogP contribution in [-0.4, -0.2) is 99.6 Å². The molecule has 0 aliphatic carbocycles. The topological polar surface area (TPSA) is 175 Å². The quantitative estimate of drug-likeness (QED) is 0.0195. The molecule has 0 aromatic carbocycles. The molecule has 11 heteroatoms. The molecular weight excluding hydrogens is 1010 g/mol. The predicted molar refractivity (Wildman–Crippen MR) is 338 cm³/mol. The van der Waals surface area contributed by atoms with Gasteiger partial charge in [-0.15, -0.1) is 0 Å². The van der Waals surface area contributed by atoms with Gasteiger partial charge in [0.1, 0.15) is 24.4 Å². The van der Waals surface area contributed by atoms with Gasteiger partial charge in [-0.1, -0.05) is 259 Å². The van der Waals surface area contributed by atoms with Crippen LogP contribution in [0.15, 0.2) is 97.2 Å². The van der Waals surface area contributed by atoms with Crippen molar-refractivity contribution in [3.05, 3.63) is 97.2 Å². The van der Waals surface area contributed by atoms with Gasteiger partial charge >= 0.3 is 5.97 Å². The molecule has 1 aliphatic heterocycles. The van der Waals surface area contributed by atoms with Crippen molar-refractivity contribution in [3.8, 4) is 0 Å². The molecule has 1 amide bonds. The molecule has 0 saturated carbocycles. The van der Waals surface area contributed by atoms with Crippen molar-refractivity contribution in [2.75, 3.05) is 13.2 Å². The molecule has 8 unspecified atom stereocenters. The lowest BCUT2D eigenvalue weighted by Crippen LogP contribution is -2.61. The van der Waals surface area contributed by atoms with Crippen molar-refractivity contribution in [1.82, 2.24) is 5.32 Å². The summed E-state index contributed by atoms with van der Waals surface area (Å²) in [4.78, 5) is 26.6. The fourth-order valence-electron chi connectivity index (χ4n) is 9.77. The number of nitrogens with one attached hydrogen (secondary N) is 1. The van der Waals surface area contributed by atoms with Crippen LogP contribution in [0.1, 0.15) is 271 Å². The van der Waals surface area contributed by atoms with E-state index in [1.54, 1.807) is 6.08 Å². The van der Waals surface area contributed by atoms with E-state index in [1.807, 2.05) is 6.08 Å².